The first kappa shape index (κ1) is 18.0. The number of carbonyl (C=O) groups is 1. The number of hydrogen-bond acceptors (Lipinski definition) is 8. The lowest BCUT2D eigenvalue weighted by Gasteiger charge is -2.09. The maximum atomic E-state index is 11.9. The molecule has 1 aromatic rings. The van der Waals surface area contributed by atoms with Gasteiger partial charge < -0.3 is 16.3 Å². The molecule has 23 heavy (non-hydrogen) atoms. The number of carbonyl (C=O) groups excluding carboxylic acids is 1. The normalized spacial score (nSPS) is 13.5. The average Bonchev–Trinajstić information content (AvgIpc) is 2.51. The molecule has 0 fully saturated rings. The van der Waals surface area contributed by atoms with Gasteiger partial charge in [-0.3, -0.25) is 14.9 Å². The van der Waals surface area contributed by atoms with Crippen molar-refractivity contribution >= 4 is 17.4 Å². The Morgan fingerprint density at radius 1 is 1.57 bits per heavy atom. The molecule has 0 saturated heterocycles. The summed E-state index contributed by atoms with van der Waals surface area (Å²) in [4.78, 5) is 29.9. The summed E-state index contributed by atoms with van der Waals surface area (Å²) in [7, 11) is 0. The Hall–Kier alpha value is -3.04. The predicted octanol–water partition coefficient (Wildman–Crippen LogP) is 0.620. The van der Waals surface area contributed by atoms with E-state index in [1.165, 1.54) is 18.5 Å². The minimum atomic E-state index is -0.877. The van der Waals surface area contributed by atoms with Crippen LogP contribution < -0.4 is 11.1 Å². The number of aromatic nitrogens is 2. The van der Waals surface area contributed by atoms with E-state index < -0.39 is 16.9 Å². The topological polar surface area (TPSA) is 157 Å². The molecule has 1 amide bonds. The van der Waals surface area contributed by atoms with Gasteiger partial charge in [-0.15, -0.1) is 0 Å². The Kier molecular flexibility index (Phi) is 6.59. The van der Waals surface area contributed by atoms with E-state index in [9.17, 15) is 14.9 Å². The highest BCUT2D eigenvalue weighted by atomic mass is 16.6. The molecular weight excluding hydrogens is 304 g/mol. The molecule has 0 spiro atoms. The molecule has 0 bridgehead atoms. The Morgan fingerprint density at radius 3 is 2.74 bits per heavy atom. The lowest BCUT2D eigenvalue weighted by atomic mass is 10.1. The van der Waals surface area contributed by atoms with Gasteiger partial charge in [-0.1, -0.05) is 12.1 Å². The number of nitro groups is 1. The van der Waals surface area contributed by atoms with E-state index in [1.54, 1.807) is 13.8 Å². The lowest BCUT2D eigenvalue weighted by Crippen LogP contribution is -2.31. The lowest BCUT2D eigenvalue weighted by molar-refractivity contribution is -0.512. The van der Waals surface area contributed by atoms with E-state index in [-0.39, 0.29) is 23.8 Å². The molecule has 1 heterocycles. The monoisotopic (exact) mass is 322 g/mol. The minimum absolute atomic E-state index is 0.0291. The predicted molar refractivity (Wildman–Crippen MR) is 82.8 cm³/mol. The van der Waals surface area contributed by atoms with Crippen LogP contribution in [0.25, 0.3) is 0 Å². The highest BCUT2D eigenvalue weighted by Gasteiger charge is 2.20. The number of oxime groups is 1. The zero-order valence-electron chi connectivity index (χ0n) is 12.8. The molecule has 4 N–H and O–H groups in total. The zero-order chi connectivity index (χ0) is 17.4. The Morgan fingerprint density at radius 2 is 2.22 bits per heavy atom. The number of rotatable bonds is 7. The van der Waals surface area contributed by atoms with E-state index in [0.717, 1.165) is 0 Å². The molecule has 0 aliphatic carbocycles. The van der Waals surface area contributed by atoms with Crippen molar-refractivity contribution in [2.45, 2.75) is 26.3 Å². The molecule has 124 valence electrons. The van der Waals surface area contributed by atoms with Gasteiger partial charge in [0.15, 0.2) is 11.5 Å². The number of nitrogens with zero attached hydrogens (tertiary/aromatic N) is 4. The van der Waals surface area contributed by atoms with Crippen LogP contribution in [0, 0.1) is 10.1 Å². The molecule has 1 aromatic heterocycles. The van der Waals surface area contributed by atoms with Crippen LogP contribution >= 0.6 is 0 Å². The van der Waals surface area contributed by atoms with Gasteiger partial charge in [-0.25, -0.2) is 9.97 Å². The van der Waals surface area contributed by atoms with E-state index in [1.807, 2.05) is 0 Å². The third-order valence-electron chi connectivity index (χ3n) is 3.06. The summed E-state index contributed by atoms with van der Waals surface area (Å²) in [6, 6.07) is -0.877. The summed E-state index contributed by atoms with van der Waals surface area (Å²) >= 11 is 0. The molecule has 10 nitrogen and oxygen atoms in total. The van der Waals surface area contributed by atoms with Crippen LogP contribution in [-0.2, 0) is 0 Å². The third-order valence-corrected chi connectivity index (χ3v) is 3.06. The van der Waals surface area contributed by atoms with Crippen molar-refractivity contribution in [2.24, 2.45) is 5.16 Å². The molecule has 1 atom stereocenters. The third kappa shape index (κ3) is 5.02. The fraction of sp³-hybridized carbons (Fsp3) is 0.385. The highest BCUT2D eigenvalue weighted by molar-refractivity contribution is 6.02. The molecule has 0 aliphatic heterocycles. The molecule has 10 heteroatoms. The van der Waals surface area contributed by atoms with Gasteiger partial charge >= 0.3 is 0 Å². The van der Waals surface area contributed by atoms with Crippen LogP contribution in [0.4, 0.5) is 5.82 Å². The number of hydrogen-bond donors (Lipinski definition) is 3. The van der Waals surface area contributed by atoms with Crippen LogP contribution in [0.1, 0.15) is 30.8 Å². The first-order valence-corrected chi connectivity index (χ1v) is 6.78. The quantitative estimate of drug-likeness (QED) is 0.287. The van der Waals surface area contributed by atoms with Crippen LogP contribution in [0.3, 0.4) is 0 Å². The highest BCUT2D eigenvalue weighted by Crippen LogP contribution is 2.09. The first-order valence-electron chi connectivity index (χ1n) is 6.78. The maximum Gasteiger partial charge on any atom is 0.274 e. The molecular formula is C13H18N6O4. The second kappa shape index (κ2) is 8.41. The fourth-order valence-electron chi connectivity index (χ4n) is 1.89. The molecule has 0 aliphatic rings. The van der Waals surface area contributed by atoms with Crippen molar-refractivity contribution in [3.05, 3.63) is 39.9 Å². The van der Waals surface area contributed by atoms with Crippen LogP contribution in [0.2, 0.25) is 0 Å². The minimum Gasteiger partial charge on any atom is -0.411 e. The molecule has 1 rings (SSSR count). The first-order chi connectivity index (χ1) is 10.9. The van der Waals surface area contributed by atoms with Crippen molar-refractivity contribution in [3.8, 4) is 0 Å². The zero-order valence-corrected chi connectivity index (χ0v) is 12.8. The van der Waals surface area contributed by atoms with Gasteiger partial charge in [0.1, 0.15) is 0 Å². The molecule has 0 saturated carbocycles. The number of nitrogen functional groups attached to an aromatic ring is 1. The van der Waals surface area contributed by atoms with E-state index in [4.69, 9.17) is 10.9 Å². The summed E-state index contributed by atoms with van der Waals surface area (Å²) in [5.74, 6) is -0.622. The second-order valence-corrected chi connectivity index (χ2v) is 4.66. The number of nitrogens with two attached hydrogens (primary N) is 1. The van der Waals surface area contributed by atoms with Gasteiger partial charge in [0.05, 0.1) is 12.3 Å². The van der Waals surface area contributed by atoms with E-state index in [0.29, 0.717) is 12.0 Å². The largest absolute Gasteiger partial charge is 0.411 e. The Bertz CT molecular complexity index is 643. The fourth-order valence-corrected chi connectivity index (χ4v) is 1.89. The van der Waals surface area contributed by atoms with Crippen LogP contribution in [0.5, 0.6) is 0 Å². The van der Waals surface area contributed by atoms with Gasteiger partial charge in [0, 0.05) is 29.3 Å². The Labute approximate surface area is 132 Å². The number of nitrogens with one attached hydrogen (secondary N) is 1. The number of amides is 1. The van der Waals surface area contributed by atoms with E-state index in [2.05, 4.69) is 20.4 Å². The van der Waals surface area contributed by atoms with Gasteiger partial charge in [0.25, 0.3) is 5.91 Å². The summed E-state index contributed by atoms with van der Waals surface area (Å²) < 4.78 is 0. The average molecular weight is 322 g/mol. The summed E-state index contributed by atoms with van der Waals surface area (Å²) in [5, 5.41) is 25.4. The van der Waals surface area contributed by atoms with Crippen LogP contribution in [0.15, 0.2) is 29.2 Å². The molecule has 1 unspecified atom stereocenters. The summed E-state index contributed by atoms with van der Waals surface area (Å²) in [6.45, 7) is 3.10. The van der Waals surface area contributed by atoms with Crippen molar-refractivity contribution in [2.75, 3.05) is 12.3 Å². The van der Waals surface area contributed by atoms with Crippen LogP contribution in [-0.4, -0.2) is 44.3 Å². The van der Waals surface area contributed by atoms with Crippen molar-refractivity contribution in [1.29, 1.82) is 0 Å². The SMILES string of the molecule is CCC(C(C)=CC(CNC(=O)c1nccnc1N)=NO)[N+](=O)[O-]. The van der Waals surface area contributed by atoms with Crippen molar-refractivity contribution in [3.63, 3.8) is 0 Å². The van der Waals surface area contributed by atoms with Gasteiger partial charge in [0.2, 0.25) is 6.04 Å². The summed E-state index contributed by atoms with van der Waals surface area (Å²) in [6.07, 6.45) is 4.33. The van der Waals surface area contributed by atoms with E-state index >= 15 is 0 Å². The Balaban J connectivity index is 2.77. The van der Waals surface area contributed by atoms with Crippen molar-refractivity contribution in [1.82, 2.24) is 15.3 Å². The molecule has 0 aromatic carbocycles. The number of anilines is 1. The van der Waals surface area contributed by atoms with Gasteiger partial charge in [-0.05, 0) is 13.0 Å². The second-order valence-electron chi connectivity index (χ2n) is 4.66. The van der Waals surface area contributed by atoms with Crippen molar-refractivity contribution < 1.29 is 14.9 Å². The summed E-state index contributed by atoms with van der Waals surface area (Å²) in [5.41, 5.74) is 5.96. The molecule has 0 radical (unpaired) electrons. The maximum absolute atomic E-state index is 11.9. The smallest absolute Gasteiger partial charge is 0.274 e. The van der Waals surface area contributed by atoms with Gasteiger partial charge in [-0.2, -0.15) is 0 Å². The standard InChI is InChI=1S/C13H18N6O4/c1-3-10(19(22)23)8(2)6-9(18-21)7-17-13(20)11-12(14)16-5-4-15-11/h4-6,10,21H,3,7H2,1-2H3,(H2,14,16)(H,17,20).